The van der Waals surface area contributed by atoms with Crippen LogP contribution in [-0.2, 0) is 18.3 Å². The average Bonchev–Trinajstić information content (AvgIpc) is 2.93. The maximum absolute atomic E-state index is 11.9. The quantitative estimate of drug-likeness (QED) is 0.891. The molecule has 0 bridgehead atoms. The lowest BCUT2D eigenvalue weighted by molar-refractivity contribution is 0.0291. The van der Waals surface area contributed by atoms with Crippen LogP contribution in [0.2, 0.25) is 0 Å². The summed E-state index contributed by atoms with van der Waals surface area (Å²) < 4.78 is 7.12. The van der Waals surface area contributed by atoms with Crippen molar-refractivity contribution in [2.45, 2.75) is 45.4 Å². The summed E-state index contributed by atoms with van der Waals surface area (Å²) >= 11 is 0. The van der Waals surface area contributed by atoms with Gasteiger partial charge in [0.1, 0.15) is 5.60 Å². The van der Waals surface area contributed by atoms with Crippen molar-refractivity contribution in [1.82, 2.24) is 25.2 Å². The Morgan fingerprint density at radius 2 is 2.30 bits per heavy atom. The van der Waals surface area contributed by atoms with Crippen molar-refractivity contribution in [3.8, 4) is 0 Å². The van der Waals surface area contributed by atoms with E-state index in [4.69, 9.17) is 4.74 Å². The van der Waals surface area contributed by atoms with Gasteiger partial charge in [0.2, 0.25) is 0 Å². The number of carbonyl (C=O) groups excluding carboxylic acids is 1. The number of nitrogens with zero attached hydrogens (tertiary/aromatic N) is 4. The normalized spacial score (nSPS) is 19.4. The maximum Gasteiger partial charge on any atom is 0.410 e. The number of aryl methyl sites for hydroxylation is 1. The van der Waals surface area contributed by atoms with Crippen LogP contribution in [0.15, 0.2) is 6.20 Å². The number of hydrogen-bond acceptors (Lipinski definition) is 5. The van der Waals surface area contributed by atoms with E-state index < -0.39 is 5.60 Å². The highest BCUT2D eigenvalue weighted by atomic mass is 16.6. The van der Waals surface area contributed by atoms with E-state index in [1.807, 2.05) is 27.8 Å². The first-order valence-electron chi connectivity index (χ1n) is 6.90. The summed E-state index contributed by atoms with van der Waals surface area (Å²) in [6.07, 6.45) is 2.45. The van der Waals surface area contributed by atoms with Crippen molar-refractivity contribution < 1.29 is 9.53 Å². The number of aromatic nitrogens is 3. The number of hydrogen-bond donors (Lipinski definition) is 1. The van der Waals surface area contributed by atoms with Crippen LogP contribution in [0.4, 0.5) is 4.79 Å². The SMILES string of the molecule is Cn1nncc1CNC1CCN(C(=O)OC(C)(C)C)C1. The van der Waals surface area contributed by atoms with Crippen molar-refractivity contribution in [3.05, 3.63) is 11.9 Å². The van der Waals surface area contributed by atoms with Crippen LogP contribution >= 0.6 is 0 Å². The van der Waals surface area contributed by atoms with E-state index in [0.717, 1.165) is 18.7 Å². The predicted molar refractivity (Wildman–Crippen MR) is 74.1 cm³/mol. The number of ether oxygens (including phenoxy) is 1. The van der Waals surface area contributed by atoms with Crippen molar-refractivity contribution in [1.29, 1.82) is 0 Å². The fraction of sp³-hybridized carbons (Fsp3) is 0.769. The molecule has 0 aromatic carbocycles. The van der Waals surface area contributed by atoms with Gasteiger partial charge in [0.05, 0.1) is 11.9 Å². The van der Waals surface area contributed by atoms with Crippen LogP contribution in [-0.4, -0.2) is 50.7 Å². The molecule has 1 aliphatic rings. The number of carbonyl (C=O) groups is 1. The Bertz CT molecular complexity index is 466. The van der Waals surface area contributed by atoms with Crippen molar-refractivity contribution in [3.63, 3.8) is 0 Å². The van der Waals surface area contributed by atoms with E-state index in [9.17, 15) is 4.79 Å². The monoisotopic (exact) mass is 281 g/mol. The summed E-state index contributed by atoms with van der Waals surface area (Å²) in [7, 11) is 1.87. The zero-order valence-electron chi connectivity index (χ0n) is 12.6. The molecule has 1 aromatic heterocycles. The van der Waals surface area contributed by atoms with E-state index in [1.165, 1.54) is 0 Å². The first-order valence-corrected chi connectivity index (χ1v) is 6.90. The molecule has 0 radical (unpaired) electrons. The Labute approximate surface area is 119 Å². The molecule has 2 rings (SSSR count). The van der Waals surface area contributed by atoms with Crippen LogP contribution in [0.1, 0.15) is 32.9 Å². The highest BCUT2D eigenvalue weighted by molar-refractivity contribution is 5.68. The van der Waals surface area contributed by atoms with Gasteiger partial charge in [-0.15, -0.1) is 5.10 Å². The molecule has 1 saturated heterocycles. The minimum absolute atomic E-state index is 0.232. The standard InChI is InChI=1S/C13H23N5O2/c1-13(2,3)20-12(19)18-6-5-10(9-18)14-7-11-8-15-16-17(11)4/h8,10,14H,5-7,9H2,1-4H3. The van der Waals surface area contributed by atoms with E-state index in [1.54, 1.807) is 15.8 Å². The molecule has 1 N–H and O–H groups in total. The van der Waals surface area contributed by atoms with Gasteiger partial charge in [-0.05, 0) is 27.2 Å². The molecule has 1 aliphatic heterocycles. The Balaban J connectivity index is 1.78. The van der Waals surface area contributed by atoms with Crippen molar-refractivity contribution in [2.75, 3.05) is 13.1 Å². The third-order valence-corrected chi connectivity index (χ3v) is 3.22. The van der Waals surface area contributed by atoms with Crippen LogP contribution < -0.4 is 5.32 Å². The Morgan fingerprint density at radius 3 is 2.90 bits per heavy atom. The molecule has 7 heteroatoms. The molecule has 2 heterocycles. The van der Waals surface area contributed by atoms with E-state index >= 15 is 0 Å². The molecule has 1 aromatic rings. The first kappa shape index (κ1) is 14.8. The lowest BCUT2D eigenvalue weighted by atomic mass is 10.2. The molecule has 1 atom stereocenters. The number of amides is 1. The van der Waals surface area contributed by atoms with Gasteiger partial charge in [-0.25, -0.2) is 4.79 Å². The summed E-state index contributed by atoms with van der Waals surface area (Å²) in [5.74, 6) is 0. The zero-order chi connectivity index (χ0) is 14.8. The second-order valence-corrected chi connectivity index (χ2v) is 6.14. The molecular formula is C13H23N5O2. The molecule has 20 heavy (non-hydrogen) atoms. The van der Waals surface area contributed by atoms with Gasteiger partial charge in [0.25, 0.3) is 0 Å². The molecular weight excluding hydrogens is 258 g/mol. The van der Waals surface area contributed by atoms with E-state index in [0.29, 0.717) is 13.1 Å². The summed E-state index contributed by atoms with van der Waals surface area (Å²) in [4.78, 5) is 13.7. The van der Waals surface area contributed by atoms with E-state index in [-0.39, 0.29) is 12.1 Å². The Morgan fingerprint density at radius 1 is 1.55 bits per heavy atom. The van der Waals surface area contributed by atoms with Gasteiger partial charge >= 0.3 is 6.09 Å². The second kappa shape index (κ2) is 5.78. The maximum atomic E-state index is 11.9. The number of rotatable bonds is 3. The average molecular weight is 281 g/mol. The molecule has 0 aliphatic carbocycles. The minimum Gasteiger partial charge on any atom is -0.444 e. The van der Waals surface area contributed by atoms with Crippen LogP contribution in [0, 0.1) is 0 Å². The van der Waals surface area contributed by atoms with Crippen LogP contribution in [0.25, 0.3) is 0 Å². The highest BCUT2D eigenvalue weighted by Crippen LogP contribution is 2.15. The van der Waals surface area contributed by atoms with Gasteiger partial charge < -0.3 is 15.0 Å². The minimum atomic E-state index is -0.441. The van der Waals surface area contributed by atoms with Crippen molar-refractivity contribution >= 4 is 6.09 Å². The topological polar surface area (TPSA) is 72.3 Å². The second-order valence-electron chi connectivity index (χ2n) is 6.14. The fourth-order valence-electron chi connectivity index (χ4n) is 2.14. The molecule has 0 saturated carbocycles. The third-order valence-electron chi connectivity index (χ3n) is 3.22. The lowest BCUT2D eigenvalue weighted by Gasteiger charge is -2.24. The summed E-state index contributed by atoms with van der Waals surface area (Å²) in [6, 6.07) is 0.289. The van der Waals surface area contributed by atoms with Crippen LogP contribution in [0.3, 0.4) is 0 Å². The zero-order valence-corrected chi connectivity index (χ0v) is 12.6. The number of nitrogens with one attached hydrogen (secondary N) is 1. The smallest absolute Gasteiger partial charge is 0.410 e. The molecule has 0 spiro atoms. The van der Waals surface area contributed by atoms with Gasteiger partial charge in [0, 0.05) is 32.7 Å². The van der Waals surface area contributed by atoms with Gasteiger partial charge in [-0.3, -0.25) is 4.68 Å². The summed E-state index contributed by atoms with van der Waals surface area (Å²) in [6.45, 7) is 7.76. The molecule has 112 valence electrons. The Kier molecular flexibility index (Phi) is 4.27. The molecule has 7 nitrogen and oxygen atoms in total. The largest absolute Gasteiger partial charge is 0.444 e. The summed E-state index contributed by atoms with van der Waals surface area (Å²) in [5, 5.41) is 11.1. The van der Waals surface area contributed by atoms with E-state index in [2.05, 4.69) is 15.6 Å². The number of likely N-dealkylation sites (tertiary alicyclic amines) is 1. The highest BCUT2D eigenvalue weighted by Gasteiger charge is 2.29. The third kappa shape index (κ3) is 3.93. The predicted octanol–water partition coefficient (Wildman–Crippen LogP) is 0.914. The first-order chi connectivity index (χ1) is 9.35. The van der Waals surface area contributed by atoms with Crippen LogP contribution in [0.5, 0.6) is 0 Å². The fourth-order valence-corrected chi connectivity index (χ4v) is 2.14. The van der Waals surface area contributed by atoms with Gasteiger partial charge in [0.15, 0.2) is 0 Å². The molecule has 1 unspecified atom stereocenters. The molecule has 1 amide bonds. The van der Waals surface area contributed by atoms with Gasteiger partial charge in [-0.2, -0.15) is 0 Å². The van der Waals surface area contributed by atoms with Crippen molar-refractivity contribution in [2.24, 2.45) is 7.05 Å². The summed E-state index contributed by atoms with van der Waals surface area (Å²) in [5.41, 5.74) is 0.587. The Hall–Kier alpha value is -1.63. The lowest BCUT2D eigenvalue weighted by Crippen LogP contribution is -2.38. The van der Waals surface area contributed by atoms with Gasteiger partial charge in [-0.1, -0.05) is 5.21 Å². The molecule has 1 fully saturated rings.